The van der Waals surface area contributed by atoms with E-state index in [-0.39, 0.29) is 28.8 Å². The molecule has 1 aromatic rings. The first kappa shape index (κ1) is 22.7. The van der Waals surface area contributed by atoms with Crippen LogP contribution in [0.15, 0.2) is 24.3 Å². The van der Waals surface area contributed by atoms with E-state index in [4.69, 9.17) is 11.6 Å². The molecule has 3 N–H and O–H groups in total. The second-order valence-electron chi connectivity index (χ2n) is 7.48. The normalized spacial score (nSPS) is 22.1. The first-order valence-corrected chi connectivity index (χ1v) is 10.4. The molecule has 3 atom stereocenters. The van der Waals surface area contributed by atoms with E-state index >= 15 is 0 Å². The van der Waals surface area contributed by atoms with Gasteiger partial charge in [0.2, 0.25) is 11.8 Å². The maximum absolute atomic E-state index is 13.9. The van der Waals surface area contributed by atoms with Crippen LogP contribution in [0.5, 0.6) is 0 Å². The fourth-order valence-electron chi connectivity index (χ4n) is 3.66. The molecular formula is C21H23ClFN5O3. The van der Waals surface area contributed by atoms with Gasteiger partial charge in [0.25, 0.3) is 5.91 Å². The molecule has 2 heterocycles. The minimum Gasteiger partial charge on any atom is -0.356 e. The molecule has 10 heteroatoms. The Morgan fingerprint density at radius 2 is 2.19 bits per heavy atom. The standard InChI is InChI=1S/C21H23ClFN5O3/c22-15-5-3-13(17(23)11-15)4-6-19(29)28-18(2-1-8-26-28)21(31)27-16(12-24)10-14-7-9-25-20(14)30/h3-6,11,14,16,18,26H,1-2,7-10H2,(H,25,30)(H,27,31)/b6-4+/t14-,16-,18-/m0/s1. The summed E-state index contributed by atoms with van der Waals surface area (Å²) in [5, 5.41) is 16.2. The molecule has 2 aliphatic heterocycles. The minimum absolute atomic E-state index is 0.120. The monoisotopic (exact) mass is 447 g/mol. The molecule has 164 valence electrons. The zero-order chi connectivity index (χ0) is 22.4. The van der Waals surface area contributed by atoms with Crippen LogP contribution < -0.4 is 16.1 Å². The van der Waals surface area contributed by atoms with Crippen LogP contribution in [0.1, 0.15) is 31.2 Å². The van der Waals surface area contributed by atoms with Gasteiger partial charge in [-0.25, -0.2) is 9.82 Å². The molecule has 31 heavy (non-hydrogen) atoms. The van der Waals surface area contributed by atoms with Gasteiger partial charge in [-0.15, -0.1) is 0 Å². The Hall–Kier alpha value is -2.96. The third kappa shape index (κ3) is 5.81. The van der Waals surface area contributed by atoms with Crippen molar-refractivity contribution in [3.05, 3.63) is 40.7 Å². The van der Waals surface area contributed by atoms with E-state index in [2.05, 4.69) is 16.1 Å². The van der Waals surface area contributed by atoms with Crippen molar-refractivity contribution in [1.29, 1.82) is 5.26 Å². The summed E-state index contributed by atoms with van der Waals surface area (Å²) in [6.45, 7) is 1.06. The first-order chi connectivity index (χ1) is 14.9. The summed E-state index contributed by atoms with van der Waals surface area (Å²) in [6.07, 6.45) is 4.41. The third-order valence-electron chi connectivity index (χ3n) is 5.31. The van der Waals surface area contributed by atoms with Gasteiger partial charge < -0.3 is 10.6 Å². The van der Waals surface area contributed by atoms with Gasteiger partial charge in [0.15, 0.2) is 0 Å². The molecule has 0 saturated carbocycles. The molecule has 0 aromatic heterocycles. The van der Waals surface area contributed by atoms with Crippen LogP contribution in [0, 0.1) is 23.1 Å². The summed E-state index contributed by atoms with van der Waals surface area (Å²) >= 11 is 5.73. The number of nitrogens with one attached hydrogen (secondary N) is 3. The Labute approximate surface area is 184 Å². The van der Waals surface area contributed by atoms with Gasteiger partial charge in [0, 0.05) is 35.7 Å². The number of rotatable bonds is 6. The largest absolute Gasteiger partial charge is 0.356 e. The van der Waals surface area contributed by atoms with E-state index < -0.39 is 29.7 Å². The third-order valence-corrected chi connectivity index (χ3v) is 5.55. The number of nitriles is 1. The maximum Gasteiger partial charge on any atom is 0.261 e. The molecule has 3 rings (SSSR count). The highest BCUT2D eigenvalue weighted by molar-refractivity contribution is 6.30. The van der Waals surface area contributed by atoms with Crippen molar-refractivity contribution in [2.75, 3.05) is 13.1 Å². The number of hydrogen-bond acceptors (Lipinski definition) is 5. The summed E-state index contributed by atoms with van der Waals surface area (Å²) < 4.78 is 13.9. The average Bonchev–Trinajstić information content (AvgIpc) is 3.16. The molecule has 2 fully saturated rings. The summed E-state index contributed by atoms with van der Waals surface area (Å²) in [6, 6.07) is 4.47. The summed E-state index contributed by atoms with van der Waals surface area (Å²) in [7, 11) is 0. The zero-order valence-electron chi connectivity index (χ0n) is 16.7. The van der Waals surface area contributed by atoms with Gasteiger partial charge in [-0.3, -0.25) is 19.4 Å². The molecule has 0 unspecified atom stereocenters. The van der Waals surface area contributed by atoms with Crippen LogP contribution in [0.25, 0.3) is 6.08 Å². The zero-order valence-corrected chi connectivity index (χ0v) is 17.5. The number of carbonyl (C=O) groups excluding carboxylic acids is 3. The van der Waals surface area contributed by atoms with Crippen LogP contribution in [0.4, 0.5) is 4.39 Å². The second-order valence-corrected chi connectivity index (χ2v) is 7.91. The van der Waals surface area contributed by atoms with Crippen molar-refractivity contribution in [2.24, 2.45) is 5.92 Å². The van der Waals surface area contributed by atoms with Gasteiger partial charge >= 0.3 is 0 Å². The fraction of sp³-hybridized carbons (Fsp3) is 0.429. The van der Waals surface area contributed by atoms with Gasteiger partial charge in [-0.05, 0) is 43.9 Å². The molecule has 2 saturated heterocycles. The van der Waals surface area contributed by atoms with Crippen molar-refractivity contribution < 1.29 is 18.8 Å². The Morgan fingerprint density at radius 1 is 1.39 bits per heavy atom. The van der Waals surface area contributed by atoms with Crippen LogP contribution in [-0.2, 0) is 14.4 Å². The summed E-state index contributed by atoms with van der Waals surface area (Å²) in [5.74, 6) is -1.99. The molecular weight excluding hydrogens is 425 g/mol. The Balaban J connectivity index is 1.65. The number of hydrogen-bond donors (Lipinski definition) is 3. The fourth-order valence-corrected chi connectivity index (χ4v) is 3.82. The summed E-state index contributed by atoms with van der Waals surface area (Å²) in [5.41, 5.74) is 3.08. The van der Waals surface area contributed by atoms with E-state index in [1.165, 1.54) is 29.3 Å². The molecule has 8 nitrogen and oxygen atoms in total. The lowest BCUT2D eigenvalue weighted by molar-refractivity contribution is -0.143. The lowest BCUT2D eigenvalue weighted by Crippen LogP contribution is -2.59. The Bertz CT molecular complexity index is 932. The molecule has 0 aliphatic carbocycles. The van der Waals surface area contributed by atoms with Crippen molar-refractivity contribution in [2.45, 2.75) is 37.8 Å². The quantitative estimate of drug-likeness (QED) is 0.572. The van der Waals surface area contributed by atoms with E-state index in [1.807, 2.05) is 6.07 Å². The number of amides is 3. The van der Waals surface area contributed by atoms with E-state index in [1.54, 1.807) is 0 Å². The van der Waals surface area contributed by atoms with E-state index in [0.717, 1.165) is 6.07 Å². The molecule has 3 amide bonds. The van der Waals surface area contributed by atoms with Crippen molar-refractivity contribution in [1.82, 2.24) is 21.1 Å². The van der Waals surface area contributed by atoms with Crippen molar-refractivity contribution >= 4 is 35.4 Å². The number of halogens is 2. The Morgan fingerprint density at radius 3 is 2.87 bits per heavy atom. The minimum atomic E-state index is -0.834. The maximum atomic E-state index is 13.9. The average molecular weight is 448 g/mol. The van der Waals surface area contributed by atoms with Crippen LogP contribution in [-0.4, -0.2) is 47.9 Å². The predicted molar refractivity (Wildman–Crippen MR) is 112 cm³/mol. The number of nitrogens with zero attached hydrogens (tertiary/aromatic N) is 2. The highest BCUT2D eigenvalue weighted by Gasteiger charge is 2.34. The SMILES string of the molecule is N#C[C@H](C[C@@H]1CCNC1=O)NC(=O)[C@@H]1CCCNN1C(=O)/C=C/c1ccc(Cl)cc1F. The highest BCUT2D eigenvalue weighted by atomic mass is 35.5. The topological polar surface area (TPSA) is 114 Å². The number of benzene rings is 1. The van der Waals surface area contributed by atoms with E-state index in [0.29, 0.717) is 32.4 Å². The predicted octanol–water partition coefficient (Wildman–Crippen LogP) is 1.52. The first-order valence-electron chi connectivity index (χ1n) is 10.1. The van der Waals surface area contributed by atoms with Gasteiger partial charge in [-0.1, -0.05) is 17.7 Å². The van der Waals surface area contributed by atoms with Gasteiger partial charge in [-0.2, -0.15) is 5.26 Å². The van der Waals surface area contributed by atoms with Crippen LogP contribution in [0.2, 0.25) is 5.02 Å². The van der Waals surface area contributed by atoms with Gasteiger partial charge in [0.1, 0.15) is 17.9 Å². The van der Waals surface area contributed by atoms with Crippen LogP contribution >= 0.6 is 11.6 Å². The molecule has 2 aliphatic rings. The Kier molecular flexibility index (Phi) is 7.60. The van der Waals surface area contributed by atoms with Crippen molar-refractivity contribution in [3.8, 4) is 6.07 Å². The number of carbonyl (C=O) groups is 3. The lowest BCUT2D eigenvalue weighted by atomic mass is 9.98. The highest BCUT2D eigenvalue weighted by Crippen LogP contribution is 2.18. The smallest absolute Gasteiger partial charge is 0.261 e. The lowest BCUT2D eigenvalue weighted by Gasteiger charge is -2.35. The van der Waals surface area contributed by atoms with Crippen LogP contribution in [0.3, 0.4) is 0 Å². The van der Waals surface area contributed by atoms with E-state index in [9.17, 15) is 24.0 Å². The molecule has 0 radical (unpaired) electrons. The second kappa shape index (κ2) is 10.4. The molecule has 1 aromatic carbocycles. The number of hydrazine groups is 1. The van der Waals surface area contributed by atoms with Crippen molar-refractivity contribution in [3.63, 3.8) is 0 Å². The molecule has 0 bridgehead atoms. The molecule has 0 spiro atoms. The summed E-state index contributed by atoms with van der Waals surface area (Å²) in [4.78, 5) is 37.2. The van der Waals surface area contributed by atoms with Gasteiger partial charge in [0.05, 0.1) is 6.07 Å².